The minimum Gasteiger partial charge on any atom is -0.342 e. The van der Waals surface area contributed by atoms with Crippen LogP contribution in [0, 0.1) is 12.7 Å². The number of rotatable bonds is 4. The van der Waals surface area contributed by atoms with E-state index >= 15 is 0 Å². The molecule has 0 bridgehead atoms. The molecule has 1 N–H and O–H groups in total. The fraction of sp³-hybridized carbons (Fsp3) is 0.333. The third-order valence-corrected chi connectivity index (χ3v) is 3.98. The van der Waals surface area contributed by atoms with Crippen molar-refractivity contribution in [2.24, 2.45) is 0 Å². The number of aromatic nitrogens is 5. The molecule has 3 heterocycles. The van der Waals surface area contributed by atoms with Gasteiger partial charge in [-0.25, -0.2) is 9.37 Å². The number of fused-ring (bicyclic) bond motifs is 1. The number of nitrogens with zero attached hydrogens (tertiary/aromatic N) is 5. The topological polar surface area (TPSA) is 77.1 Å². The van der Waals surface area contributed by atoms with Crippen molar-refractivity contribution in [1.29, 1.82) is 0 Å². The van der Waals surface area contributed by atoms with E-state index in [0.29, 0.717) is 6.04 Å². The molecule has 0 spiro atoms. The Labute approximate surface area is 131 Å². The second-order valence-corrected chi connectivity index (χ2v) is 5.64. The second kappa shape index (κ2) is 5.15. The van der Waals surface area contributed by atoms with Crippen LogP contribution < -0.4 is 5.32 Å². The van der Waals surface area contributed by atoms with Gasteiger partial charge in [-0.1, -0.05) is 0 Å². The van der Waals surface area contributed by atoms with Gasteiger partial charge in [-0.2, -0.15) is 0 Å². The van der Waals surface area contributed by atoms with Crippen molar-refractivity contribution < 1.29 is 9.18 Å². The van der Waals surface area contributed by atoms with E-state index in [1.54, 1.807) is 6.20 Å². The van der Waals surface area contributed by atoms with Crippen molar-refractivity contribution >= 4 is 11.4 Å². The zero-order valence-electron chi connectivity index (χ0n) is 12.5. The van der Waals surface area contributed by atoms with E-state index in [1.165, 1.54) is 22.7 Å². The number of pyridine rings is 1. The molecule has 3 aromatic rings. The lowest BCUT2D eigenvalue weighted by Crippen LogP contribution is -2.26. The summed E-state index contributed by atoms with van der Waals surface area (Å²) in [6.45, 7) is 2.17. The molecule has 1 aliphatic carbocycles. The quantitative estimate of drug-likeness (QED) is 0.794. The Morgan fingerprint density at radius 1 is 1.43 bits per heavy atom. The van der Waals surface area contributed by atoms with Gasteiger partial charge in [0, 0.05) is 12.2 Å². The fourth-order valence-corrected chi connectivity index (χ4v) is 2.74. The number of aryl methyl sites for hydroxylation is 1. The van der Waals surface area contributed by atoms with Crippen LogP contribution in [-0.4, -0.2) is 30.1 Å². The maximum absolute atomic E-state index is 13.7. The van der Waals surface area contributed by atoms with E-state index in [0.717, 1.165) is 24.5 Å². The summed E-state index contributed by atoms with van der Waals surface area (Å²) in [7, 11) is 0. The van der Waals surface area contributed by atoms with E-state index in [2.05, 4.69) is 25.1 Å². The zero-order chi connectivity index (χ0) is 16.0. The van der Waals surface area contributed by atoms with Crippen molar-refractivity contribution in [2.75, 3.05) is 0 Å². The highest BCUT2D eigenvalue weighted by Crippen LogP contribution is 2.36. The summed E-state index contributed by atoms with van der Waals surface area (Å²) in [4.78, 5) is 16.3. The Kier molecular flexibility index (Phi) is 3.10. The van der Waals surface area contributed by atoms with Gasteiger partial charge in [-0.15, -0.1) is 10.2 Å². The summed E-state index contributed by atoms with van der Waals surface area (Å²) >= 11 is 0. The van der Waals surface area contributed by atoms with Gasteiger partial charge in [0.05, 0.1) is 12.7 Å². The number of hydrogen-bond donors (Lipinski definition) is 1. The predicted molar refractivity (Wildman–Crippen MR) is 79.4 cm³/mol. The number of carbonyl (C=O) groups is 1. The fourth-order valence-electron chi connectivity index (χ4n) is 2.74. The third kappa shape index (κ3) is 2.36. The summed E-state index contributed by atoms with van der Waals surface area (Å²) in [5.74, 6) is 0.936. The summed E-state index contributed by atoms with van der Waals surface area (Å²) in [5.41, 5.74) is 0.273. The van der Waals surface area contributed by atoms with Crippen LogP contribution in [0.4, 0.5) is 4.39 Å². The molecule has 0 radical (unpaired) electrons. The van der Waals surface area contributed by atoms with Crippen LogP contribution in [-0.2, 0) is 6.54 Å². The lowest BCUT2D eigenvalue weighted by Gasteiger charge is -2.08. The van der Waals surface area contributed by atoms with Crippen LogP contribution in [0.5, 0.6) is 0 Å². The average molecular weight is 314 g/mol. The van der Waals surface area contributed by atoms with Crippen molar-refractivity contribution in [3.8, 4) is 0 Å². The highest BCUT2D eigenvalue weighted by Gasteiger charge is 2.28. The van der Waals surface area contributed by atoms with E-state index in [-0.39, 0.29) is 23.8 Å². The molecule has 0 saturated heterocycles. The maximum Gasteiger partial charge on any atom is 0.288 e. The molecule has 0 aliphatic heterocycles. The number of halogens is 1. The Bertz CT molecular complexity index is 895. The SMILES string of the molecule is Cc1nnc(CNC(=O)c2ncc3c(F)cccn23)n1C1CC1. The maximum atomic E-state index is 13.7. The first-order valence-corrected chi connectivity index (χ1v) is 7.45. The van der Waals surface area contributed by atoms with E-state index < -0.39 is 5.82 Å². The lowest BCUT2D eigenvalue weighted by atomic mass is 10.4. The Hall–Kier alpha value is -2.77. The van der Waals surface area contributed by atoms with E-state index in [9.17, 15) is 9.18 Å². The first kappa shape index (κ1) is 13.9. The van der Waals surface area contributed by atoms with Gasteiger partial charge in [0.25, 0.3) is 5.91 Å². The molecular formula is C15H15FN6O. The van der Waals surface area contributed by atoms with Gasteiger partial charge in [0.15, 0.2) is 5.82 Å². The largest absolute Gasteiger partial charge is 0.342 e. The summed E-state index contributed by atoms with van der Waals surface area (Å²) in [6.07, 6.45) is 5.19. The molecule has 4 rings (SSSR count). The first-order chi connectivity index (χ1) is 11.1. The second-order valence-electron chi connectivity index (χ2n) is 5.64. The van der Waals surface area contributed by atoms with Crippen LogP contribution in [0.1, 0.15) is 41.2 Å². The molecule has 8 heteroatoms. The number of nitrogens with one attached hydrogen (secondary N) is 1. The van der Waals surface area contributed by atoms with Crippen molar-refractivity contribution in [2.45, 2.75) is 32.4 Å². The van der Waals surface area contributed by atoms with Gasteiger partial charge >= 0.3 is 0 Å². The number of amides is 1. The lowest BCUT2D eigenvalue weighted by molar-refractivity contribution is 0.0938. The predicted octanol–water partition coefficient (Wildman–Crippen LogP) is 1.64. The molecule has 0 atom stereocenters. The van der Waals surface area contributed by atoms with Crippen LogP contribution in [0.25, 0.3) is 5.52 Å². The molecule has 23 heavy (non-hydrogen) atoms. The van der Waals surface area contributed by atoms with Crippen LogP contribution in [0.3, 0.4) is 0 Å². The Morgan fingerprint density at radius 3 is 3.04 bits per heavy atom. The van der Waals surface area contributed by atoms with Gasteiger partial charge in [-0.05, 0) is 31.9 Å². The number of hydrogen-bond acceptors (Lipinski definition) is 4. The minimum atomic E-state index is -0.414. The molecule has 1 fully saturated rings. The monoisotopic (exact) mass is 314 g/mol. The summed E-state index contributed by atoms with van der Waals surface area (Å²) in [5, 5.41) is 11.0. The highest BCUT2D eigenvalue weighted by atomic mass is 19.1. The molecule has 0 aromatic carbocycles. The Balaban J connectivity index is 1.55. The van der Waals surface area contributed by atoms with Gasteiger partial charge in [0.1, 0.15) is 17.2 Å². The van der Waals surface area contributed by atoms with Crippen molar-refractivity contribution in [3.05, 3.63) is 47.8 Å². The normalized spacial score (nSPS) is 14.3. The highest BCUT2D eigenvalue weighted by molar-refractivity contribution is 5.91. The zero-order valence-corrected chi connectivity index (χ0v) is 12.5. The van der Waals surface area contributed by atoms with Gasteiger partial charge in [-0.3, -0.25) is 9.20 Å². The van der Waals surface area contributed by atoms with Gasteiger partial charge in [0.2, 0.25) is 5.82 Å². The summed E-state index contributed by atoms with van der Waals surface area (Å²) in [6, 6.07) is 3.31. The van der Waals surface area contributed by atoms with Crippen molar-refractivity contribution in [1.82, 2.24) is 29.5 Å². The molecule has 7 nitrogen and oxygen atoms in total. The van der Waals surface area contributed by atoms with Crippen LogP contribution in [0.2, 0.25) is 0 Å². The molecule has 1 aliphatic rings. The third-order valence-electron chi connectivity index (χ3n) is 3.98. The van der Waals surface area contributed by atoms with E-state index in [4.69, 9.17) is 0 Å². The standard InChI is InChI=1S/C15H15FN6O/c1-9-19-20-13(22(9)10-4-5-10)8-18-15(23)14-17-7-12-11(16)3-2-6-21(12)14/h2-3,6-7,10H,4-5,8H2,1H3,(H,18,23). The summed E-state index contributed by atoms with van der Waals surface area (Å²) < 4.78 is 17.1. The molecule has 1 amide bonds. The molecule has 0 unspecified atom stereocenters. The molecule has 1 saturated carbocycles. The Morgan fingerprint density at radius 2 is 2.26 bits per heavy atom. The first-order valence-electron chi connectivity index (χ1n) is 7.45. The van der Waals surface area contributed by atoms with E-state index in [1.807, 2.05) is 6.92 Å². The molecule has 3 aromatic heterocycles. The minimum absolute atomic E-state index is 0.147. The smallest absolute Gasteiger partial charge is 0.288 e. The molecule has 118 valence electrons. The van der Waals surface area contributed by atoms with Crippen LogP contribution in [0.15, 0.2) is 24.5 Å². The molecular weight excluding hydrogens is 299 g/mol. The van der Waals surface area contributed by atoms with Crippen LogP contribution >= 0.6 is 0 Å². The average Bonchev–Trinajstić information content (AvgIpc) is 3.15. The number of carbonyl (C=O) groups excluding carboxylic acids is 1. The van der Waals surface area contributed by atoms with Crippen molar-refractivity contribution in [3.63, 3.8) is 0 Å². The number of imidazole rings is 1. The van der Waals surface area contributed by atoms with Gasteiger partial charge < -0.3 is 9.88 Å².